The van der Waals surface area contributed by atoms with E-state index in [-0.39, 0.29) is 0 Å². The molecule has 2 rings (SSSR count). The van der Waals surface area contributed by atoms with Crippen LogP contribution in [0, 0.1) is 0 Å². The number of likely N-dealkylation sites (tertiary alicyclic amines) is 2. The Bertz CT molecular complexity index is 253. The van der Waals surface area contributed by atoms with Gasteiger partial charge in [-0.3, -0.25) is 0 Å². The van der Waals surface area contributed by atoms with Gasteiger partial charge in [0, 0.05) is 52.4 Å². The first kappa shape index (κ1) is 20.1. The molecule has 2 heterocycles. The molecule has 2 saturated heterocycles. The van der Waals surface area contributed by atoms with Crippen molar-refractivity contribution in [3.05, 3.63) is 0 Å². The normalized spacial score (nSPS) is 19.5. The van der Waals surface area contributed by atoms with E-state index >= 15 is 0 Å². The fraction of sp³-hybridized carbons (Fsp3) is 1.00. The second-order valence-corrected chi connectivity index (χ2v) is 6.96. The van der Waals surface area contributed by atoms with Crippen LogP contribution in [0.2, 0.25) is 0 Å². The van der Waals surface area contributed by atoms with Crippen molar-refractivity contribution < 1.29 is 4.74 Å². The molecular weight excluding hydrogens is 302 g/mol. The summed E-state index contributed by atoms with van der Waals surface area (Å²) >= 11 is 0. The molecular formula is C18H39N5O. The maximum Gasteiger partial charge on any atom is 0.0591 e. The molecule has 142 valence electrons. The van der Waals surface area contributed by atoms with Gasteiger partial charge in [-0.2, -0.15) is 0 Å². The molecule has 0 saturated carbocycles. The van der Waals surface area contributed by atoms with E-state index in [9.17, 15) is 0 Å². The van der Waals surface area contributed by atoms with E-state index in [1.165, 1.54) is 65.0 Å². The summed E-state index contributed by atoms with van der Waals surface area (Å²) in [5.74, 6) is 0. The third kappa shape index (κ3) is 9.91. The zero-order valence-corrected chi connectivity index (χ0v) is 15.5. The number of hydrogen-bond acceptors (Lipinski definition) is 6. The number of ether oxygens (including phenoxy) is 1. The average Bonchev–Trinajstić information content (AvgIpc) is 3.28. The van der Waals surface area contributed by atoms with E-state index in [1.54, 1.807) is 0 Å². The number of nitrogens with zero attached hydrogens (tertiary/aromatic N) is 2. The Morgan fingerprint density at radius 1 is 0.542 bits per heavy atom. The van der Waals surface area contributed by atoms with Crippen molar-refractivity contribution in [1.29, 1.82) is 0 Å². The quantitative estimate of drug-likeness (QED) is 0.364. The second kappa shape index (κ2) is 14.0. The van der Waals surface area contributed by atoms with E-state index in [2.05, 4.69) is 25.8 Å². The highest BCUT2D eigenvalue weighted by Gasteiger charge is 2.10. The molecule has 6 heteroatoms. The van der Waals surface area contributed by atoms with Crippen LogP contribution in [0.1, 0.15) is 25.7 Å². The van der Waals surface area contributed by atoms with E-state index in [0.717, 1.165) is 52.5 Å². The van der Waals surface area contributed by atoms with Gasteiger partial charge >= 0.3 is 0 Å². The molecule has 0 aliphatic carbocycles. The zero-order valence-electron chi connectivity index (χ0n) is 15.5. The molecule has 6 nitrogen and oxygen atoms in total. The molecule has 0 aromatic heterocycles. The lowest BCUT2D eigenvalue weighted by molar-refractivity contribution is 0.137. The second-order valence-electron chi connectivity index (χ2n) is 6.96. The van der Waals surface area contributed by atoms with Gasteiger partial charge in [-0.1, -0.05) is 0 Å². The fourth-order valence-corrected chi connectivity index (χ4v) is 3.43. The summed E-state index contributed by atoms with van der Waals surface area (Å²) in [6, 6.07) is 0. The minimum Gasteiger partial charge on any atom is -0.379 e. The summed E-state index contributed by atoms with van der Waals surface area (Å²) in [7, 11) is 0. The zero-order chi connectivity index (χ0) is 16.7. The van der Waals surface area contributed by atoms with Crippen LogP contribution in [0.5, 0.6) is 0 Å². The van der Waals surface area contributed by atoms with Crippen LogP contribution >= 0.6 is 0 Å². The highest BCUT2D eigenvalue weighted by molar-refractivity contribution is 4.67. The molecule has 3 N–H and O–H groups in total. The molecule has 0 spiro atoms. The average molecular weight is 342 g/mol. The van der Waals surface area contributed by atoms with Gasteiger partial charge in [-0.05, 0) is 51.9 Å². The maximum atomic E-state index is 5.64. The third-order valence-corrected chi connectivity index (χ3v) is 4.93. The lowest BCUT2D eigenvalue weighted by Gasteiger charge is -2.15. The van der Waals surface area contributed by atoms with Crippen LogP contribution in [0.15, 0.2) is 0 Å². The van der Waals surface area contributed by atoms with E-state index < -0.39 is 0 Å². The first-order valence-corrected chi connectivity index (χ1v) is 10.1. The smallest absolute Gasteiger partial charge is 0.0591 e. The molecule has 24 heavy (non-hydrogen) atoms. The van der Waals surface area contributed by atoms with Gasteiger partial charge in [0.05, 0.1) is 13.2 Å². The van der Waals surface area contributed by atoms with Gasteiger partial charge in [0.15, 0.2) is 0 Å². The third-order valence-electron chi connectivity index (χ3n) is 4.93. The van der Waals surface area contributed by atoms with Gasteiger partial charge in [0.2, 0.25) is 0 Å². The van der Waals surface area contributed by atoms with Gasteiger partial charge in [0.1, 0.15) is 0 Å². The monoisotopic (exact) mass is 341 g/mol. The Balaban J connectivity index is 1.21. The van der Waals surface area contributed by atoms with Crippen LogP contribution in [0.4, 0.5) is 0 Å². The van der Waals surface area contributed by atoms with E-state index in [1.807, 2.05) is 0 Å². The molecule has 0 bridgehead atoms. The van der Waals surface area contributed by atoms with E-state index in [0.29, 0.717) is 0 Å². The van der Waals surface area contributed by atoms with Gasteiger partial charge in [0.25, 0.3) is 0 Å². The molecule has 0 aromatic carbocycles. The van der Waals surface area contributed by atoms with Crippen molar-refractivity contribution >= 4 is 0 Å². The number of nitrogens with one attached hydrogen (secondary N) is 3. The van der Waals surface area contributed by atoms with Gasteiger partial charge in [-0.15, -0.1) is 0 Å². The molecule has 0 radical (unpaired) electrons. The molecule has 0 aromatic rings. The Hall–Kier alpha value is -0.240. The van der Waals surface area contributed by atoms with E-state index in [4.69, 9.17) is 4.74 Å². The Labute approximate surface area is 148 Å². The topological polar surface area (TPSA) is 51.8 Å². The summed E-state index contributed by atoms with van der Waals surface area (Å²) in [6.07, 6.45) is 5.53. The van der Waals surface area contributed by atoms with Crippen LogP contribution in [-0.2, 0) is 4.74 Å². The van der Waals surface area contributed by atoms with Crippen molar-refractivity contribution in [2.75, 3.05) is 91.8 Å². The van der Waals surface area contributed by atoms with Crippen molar-refractivity contribution in [1.82, 2.24) is 25.8 Å². The van der Waals surface area contributed by atoms with Crippen LogP contribution in [0.3, 0.4) is 0 Å². The first-order chi connectivity index (χ1) is 11.9. The minimum atomic E-state index is 0.807. The summed E-state index contributed by atoms with van der Waals surface area (Å²) in [4.78, 5) is 5.09. The standard InChI is InChI=1S/C18H39N5O/c1-2-12-22(11-1)15-7-19-5-6-20-9-17-24-18-10-21-8-16-23-13-3-4-14-23/h19-21H,1-18H2. The highest BCUT2D eigenvalue weighted by atomic mass is 16.5. The molecule has 2 fully saturated rings. The number of hydrogen-bond donors (Lipinski definition) is 3. The largest absolute Gasteiger partial charge is 0.379 e. The Morgan fingerprint density at radius 2 is 0.958 bits per heavy atom. The van der Waals surface area contributed by atoms with Gasteiger partial charge < -0.3 is 30.5 Å². The summed E-state index contributed by atoms with van der Waals surface area (Å²) < 4.78 is 5.64. The van der Waals surface area contributed by atoms with Crippen molar-refractivity contribution in [3.63, 3.8) is 0 Å². The maximum absolute atomic E-state index is 5.64. The van der Waals surface area contributed by atoms with Crippen molar-refractivity contribution in [2.45, 2.75) is 25.7 Å². The Kier molecular flexibility index (Phi) is 11.7. The SMILES string of the molecule is C1CCN(CCNCCNCCOCCNCCN2CCCC2)C1. The first-order valence-electron chi connectivity index (χ1n) is 10.1. The lowest BCUT2D eigenvalue weighted by Crippen LogP contribution is -2.35. The Morgan fingerprint density at radius 3 is 1.46 bits per heavy atom. The predicted molar refractivity (Wildman–Crippen MR) is 101 cm³/mol. The number of rotatable bonds is 15. The summed E-state index contributed by atoms with van der Waals surface area (Å²) in [6.45, 7) is 15.4. The van der Waals surface area contributed by atoms with Crippen LogP contribution < -0.4 is 16.0 Å². The summed E-state index contributed by atoms with van der Waals surface area (Å²) in [5, 5.41) is 10.4. The van der Waals surface area contributed by atoms with Crippen molar-refractivity contribution in [3.8, 4) is 0 Å². The fourth-order valence-electron chi connectivity index (χ4n) is 3.43. The molecule has 2 aliphatic heterocycles. The van der Waals surface area contributed by atoms with Crippen LogP contribution in [-0.4, -0.2) is 102 Å². The molecule has 0 atom stereocenters. The molecule has 2 aliphatic rings. The summed E-state index contributed by atoms with van der Waals surface area (Å²) in [5.41, 5.74) is 0. The molecule has 0 unspecified atom stereocenters. The minimum absolute atomic E-state index is 0.807. The van der Waals surface area contributed by atoms with Crippen LogP contribution in [0.25, 0.3) is 0 Å². The highest BCUT2D eigenvalue weighted by Crippen LogP contribution is 2.05. The lowest BCUT2D eigenvalue weighted by atomic mass is 10.4. The predicted octanol–water partition coefficient (Wildman–Crippen LogP) is -0.0366. The van der Waals surface area contributed by atoms with Gasteiger partial charge in [-0.25, -0.2) is 0 Å². The van der Waals surface area contributed by atoms with Crippen molar-refractivity contribution in [2.24, 2.45) is 0 Å². The molecule has 0 amide bonds.